The summed E-state index contributed by atoms with van der Waals surface area (Å²) in [5.74, 6) is 1.79. The molecule has 1 aliphatic carbocycles. The molecule has 2 aromatic rings. The minimum Gasteiger partial charge on any atom is -0.0654 e. The Labute approximate surface area is 137 Å². The van der Waals surface area contributed by atoms with Gasteiger partial charge >= 0.3 is 0 Å². The lowest BCUT2D eigenvalue weighted by Gasteiger charge is -2.29. The van der Waals surface area contributed by atoms with Crippen LogP contribution in [-0.2, 0) is 0 Å². The van der Waals surface area contributed by atoms with Crippen LogP contribution in [0, 0.1) is 5.92 Å². The molecule has 1 heteroatoms. The Bertz CT molecular complexity index is 594. The number of hydrogen-bond acceptors (Lipinski definition) is 0. The van der Waals surface area contributed by atoms with Gasteiger partial charge in [-0.2, -0.15) is 0 Å². The van der Waals surface area contributed by atoms with Crippen molar-refractivity contribution < 1.29 is 0 Å². The van der Waals surface area contributed by atoms with Crippen molar-refractivity contribution >= 4 is 26.7 Å². The molecule has 0 bridgehead atoms. The largest absolute Gasteiger partial charge is 0.0654 e. The van der Waals surface area contributed by atoms with E-state index in [1.165, 1.54) is 60.2 Å². The molecule has 0 N–H and O–H groups in total. The third kappa shape index (κ3) is 3.69. The summed E-state index contributed by atoms with van der Waals surface area (Å²) in [5.41, 5.74) is 1.55. The van der Waals surface area contributed by atoms with Crippen LogP contribution in [-0.4, -0.2) is 0 Å². The molecule has 1 saturated carbocycles. The molecule has 21 heavy (non-hydrogen) atoms. The van der Waals surface area contributed by atoms with Crippen molar-refractivity contribution in [3.63, 3.8) is 0 Å². The van der Waals surface area contributed by atoms with Crippen LogP contribution in [0.5, 0.6) is 0 Å². The van der Waals surface area contributed by atoms with E-state index in [9.17, 15) is 0 Å². The van der Waals surface area contributed by atoms with Gasteiger partial charge < -0.3 is 0 Å². The van der Waals surface area contributed by atoms with E-state index in [-0.39, 0.29) is 0 Å². The quantitative estimate of drug-likeness (QED) is 0.556. The van der Waals surface area contributed by atoms with Crippen molar-refractivity contribution in [1.82, 2.24) is 0 Å². The van der Waals surface area contributed by atoms with E-state index in [2.05, 4.69) is 59.3 Å². The van der Waals surface area contributed by atoms with Gasteiger partial charge in [0.2, 0.25) is 0 Å². The predicted octanol–water partition coefficient (Wildman–Crippen LogP) is 7.07. The Morgan fingerprint density at radius 3 is 2.43 bits per heavy atom. The second-order valence-electron chi connectivity index (χ2n) is 6.61. The molecule has 0 heterocycles. The first kappa shape index (κ1) is 15.1. The molecular weight excluding hydrogens is 320 g/mol. The zero-order valence-electron chi connectivity index (χ0n) is 12.9. The smallest absolute Gasteiger partial charge is 0.0181 e. The molecular formula is C20H25Br. The highest BCUT2D eigenvalue weighted by Gasteiger charge is 2.22. The Hall–Kier alpha value is -0.820. The van der Waals surface area contributed by atoms with Crippen LogP contribution < -0.4 is 0 Å². The third-order valence-corrected chi connectivity index (χ3v) is 5.60. The molecule has 0 amide bonds. The number of fused-ring (bicyclic) bond motifs is 1. The summed E-state index contributed by atoms with van der Waals surface area (Å²) >= 11 is 3.55. The average molecular weight is 345 g/mol. The molecule has 0 aliphatic heterocycles. The SMILES string of the molecule is CCCC[C@H]1CC[C@H](c2ccc3cc(Br)ccc3c2)CC1. The molecule has 1 fully saturated rings. The van der Waals surface area contributed by atoms with E-state index >= 15 is 0 Å². The molecule has 112 valence electrons. The highest BCUT2D eigenvalue weighted by Crippen LogP contribution is 2.38. The first-order valence-electron chi connectivity index (χ1n) is 8.45. The van der Waals surface area contributed by atoms with Gasteiger partial charge in [0.1, 0.15) is 0 Å². The van der Waals surface area contributed by atoms with Gasteiger partial charge in [0.05, 0.1) is 0 Å². The van der Waals surface area contributed by atoms with Crippen LogP contribution in [0.15, 0.2) is 40.9 Å². The van der Waals surface area contributed by atoms with Crippen LogP contribution in [0.3, 0.4) is 0 Å². The van der Waals surface area contributed by atoms with E-state index in [0.717, 1.165) is 11.8 Å². The summed E-state index contributed by atoms with van der Waals surface area (Å²) in [5, 5.41) is 2.72. The van der Waals surface area contributed by atoms with Crippen LogP contribution in [0.2, 0.25) is 0 Å². The second-order valence-corrected chi connectivity index (χ2v) is 7.53. The lowest BCUT2D eigenvalue weighted by molar-refractivity contribution is 0.304. The van der Waals surface area contributed by atoms with Crippen molar-refractivity contribution in [2.24, 2.45) is 5.92 Å². The predicted molar refractivity (Wildman–Crippen MR) is 95.9 cm³/mol. The van der Waals surface area contributed by atoms with E-state index in [4.69, 9.17) is 0 Å². The van der Waals surface area contributed by atoms with Gasteiger partial charge in [0.15, 0.2) is 0 Å². The normalized spacial score (nSPS) is 22.6. The molecule has 0 saturated heterocycles. The van der Waals surface area contributed by atoms with Crippen molar-refractivity contribution in [1.29, 1.82) is 0 Å². The molecule has 0 unspecified atom stereocenters. The van der Waals surface area contributed by atoms with Crippen molar-refractivity contribution in [3.8, 4) is 0 Å². The number of hydrogen-bond donors (Lipinski definition) is 0. The zero-order chi connectivity index (χ0) is 14.7. The minimum absolute atomic E-state index is 0.788. The molecule has 3 rings (SSSR count). The molecule has 0 aromatic heterocycles. The summed E-state index contributed by atoms with van der Waals surface area (Å²) < 4.78 is 1.17. The fourth-order valence-corrected chi connectivity index (χ4v) is 4.15. The van der Waals surface area contributed by atoms with Crippen LogP contribution in [0.1, 0.15) is 63.4 Å². The van der Waals surface area contributed by atoms with Crippen molar-refractivity contribution in [2.45, 2.75) is 57.8 Å². The topological polar surface area (TPSA) is 0 Å². The first-order chi connectivity index (χ1) is 10.3. The first-order valence-corrected chi connectivity index (χ1v) is 9.25. The van der Waals surface area contributed by atoms with Crippen LogP contribution >= 0.6 is 15.9 Å². The maximum absolute atomic E-state index is 3.55. The molecule has 0 spiro atoms. The van der Waals surface area contributed by atoms with E-state index in [1.807, 2.05) is 0 Å². The molecule has 0 nitrogen and oxygen atoms in total. The van der Waals surface area contributed by atoms with E-state index in [0.29, 0.717) is 0 Å². The molecule has 1 aliphatic rings. The maximum atomic E-state index is 3.55. The standard InChI is InChI=1S/C20H25Br/c1-2-3-4-15-5-7-16(8-6-15)17-9-10-19-14-20(21)12-11-18(19)13-17/h9-16H,2-8H2,1H3/t15-,16-. The van der Waals surface area contributed by atoms with Gasteiger partial charge in [-0.15, -0.1) is 0 Å². The molecule has 0 atom stereocenters. The van der Waals surface area contributed by atoms with Crippen molar-refractivity contribution in [3.05, 3.63) is 46.4 Å². The lowest BCUT2D eigenvalue weighted by atomic mass is 9.77. The Kier molecular flexibility index (Phi) is 5.00. The lowest BCUT2D eigenvalue weighted by Crippen LogP contribution is -2.13. The molecule has 2 aromatic carbocycles. The van der Waals surface area contributed by atoms with Gasteiger partial charge in [-0.3, -0.25) is 0 Å². The summed E-state index contributed by atoms with van der Waals surface area (Å²) in [6, 6.07) is 13.6. The highest BCUT2D eigenvalue weighted by atomic mass is 79.9. The molecule has 0 radical (unpaired) electrons. The van der Waals surface area contributed by atoms with Crippen LogP contribution in [0.25, 0.3) is 10.8 Å². The summed E-state index contributed by atoms with van der Waals surface area (Å²) in [4.78, 5) is 0. The fourth-order valence-electron chi connectivity index (χ4n) is 3.77. The Morgan fingerprint density at radius 2 is 1.67 bits per heavy atom. The van der Waals surface area contributed by atoms with Gasteiger partial charge in [0, 0.05) is 4.47 Å². The summed E-state index contributed by atoms with van der Waals surface area (Å²) in [7, 11) is 0. The second kappa shape index (κ2) is 6.96. The maximum Gasteiger partial charge on any atom is 0.0181 e. The Balaban J connectivity index is 1.69. The number of benzene rings is 2. The number of unbranched alkanes of at least 4 members (excludes halogenated alkanes) is 1. The average Bonchev–Trinajstić information content (AvgIpc) is 2.53. The van der Waals surface area contributed by atoms with Gasteiger partial charge in [-0.05, 0) is 66.0 Å². The third-order valence-electron chi connectivity index (χ3n) is 5.11. The van der Waals surface area contributed by atoms with Gasteiger partial charge in [-0.1, -0.05) is 66.4 Å². The number of rotatable bonds is 4. The fraction of sp³-hybridized carbons (Fsp3) is 0.500. The van der Waals surface area contributed by atoms with E-state index in [1.54, 1.807) is 5.56 Å². The zero-order valence-corrected chi connectivity index (χ0v) is 14.5. The van der Waals surface area contributed by atoms with Gasteiger partial charge in [-0.25, -0.2) is 0 Å². The van der Waals surface area contributed by atoms with Gasteiger partial charge in [0.25, 0.3) is 0 Å². The van der Waals surface area contributed by atoms with Crippen molar-refractivity contribution in [2.75, 3.05) is 0 Å². The van der Waals surface area contributed by atoms with E-state index < -0.39 is 0 Å². The minimum atomic E-state index is 0.788. The highest BCUT2D eigenvalue weighted by molar-refractivity contribution is 9.10. The summed E-state index contributed by atoms with van der Waals surface area (Å²) in [6.45, 7) is 2.30. The monoisotopic (exact) mass is 344 g/mol. The number of halogens is 1. The Morgan fingerprint density at radius 1 is 0.952 bits per heavy atom. The van der Waals surface area contributed by atoms with Crippen LogP contribution in [0.4, 0.5) is 0 Å². The summed E-state index contributed by atoms with van der Waals surface area (Å²) in [6.07, 6.45) is 9.86.